The van der Waals surface area contributed by atoms with Gasteiger partial charge in [0.05, 0.1) is 28.7 Å². The van der Waals surface area contributed by atoms with Crippen molar-refractivity contribution in [3.05, 3.63) is 111 Å². The zero-order valence-electron chi connectivity index (χ0n) is 31.9. The normalized spacial score (nSPS) is 16.9. The molecule has 1 unspecified atom stereocenters. The molecule has 292 valence electrons. The van der Waals surface area contributed by atoms with Crippen LogP contribution in [0.4, 0.5) is 10.3 Å². The summed E-state index contributed by atoms with van der Waals surface area (Å²) in [7, 11) is 0. The number of fused-ring (bicyclic) bond motifs is 2. The molecule has 3 aliphatic heterocycles. The van der Waals surface area contributed by atoms with E-state index in [1.807, 2.05) is 36.4 Å². The van der Waals surface area contributed by atoms with Crippen molar-refractivity contribution in [1.29, 1.82) is 0 Å². The van der Waals surface area contributed by atoms with Crippen molar-refractivity contribution in [2.75, 3.05) is 37.7 Å². The zero-order chi connectivity index (χ0) is 40.0. The van der Waals surface area contributed by atoms with Crippen LogP contribution in [0.5, 0.6) is 5.75 Å². The number of benzene rings is 4. The molecule has 0 radical (unpaired) electrons. The number of carbonyl (C=O) groups is 5. The Bertz CT molecular complexity index is 2450. The third-order valence-electron chi connectivity index (χ3n) is 10.8. The summed E-state index contributed by atoms with van der Waals surface area (Å²) in [4.78, 5) is 71.9. The van der Waals surface area contributed by atoms with E-state index in [9.17, 15) is 28.4 Å². The first-order valence-electron chi connectivity index (χ1n) is 19.0. The minimum Gasteiger partial charge on any atom is -0.483 e. The van der Waals surface area contributed by atoms with Gasteiger partial charge in [-0.25, -0.2) is 9.37 Å². The first-order chi connectivity index (χ1) is 27.5. The third-order valence-corrected chi connectivity index (χ3v) is 10.8. The van der Waals surface area contributed by atoms with E-state index < -0.39 is 42.2 Å². The molecule has 2 fully saturated rings. The summed E-state index contributed by atoms with van der Waals surface area (Å²) in [6.45, 7) is 9.36. The number of hydrogen-bond donors (Lipinski definition) is 3. The van der Waals surface area contributed by atoms with Crippen molar-refractivity contribution in [2.24, 2.45) is 0 Å². The Balaban J connectivity index is 0.968. The molecule has 13 nitrogen and oxygen atoms in total. The average molecular weight is 772 g/mol. The fourth-order valence-corrected chi connectivity index (χ4v) is 7.94. The van der Waals surface area contributed by atoms with Gasteiger partial charge in [-0.15, -0.1) is 0 Å². The number of rotatable bonds is 10. The highest BCUT2D eigenvalue weighted by Gasteiger charge is 2.46. The van der Waals surface area contributed by atoms with Gasteiger partial charge >= 0.3 is 0 Å². The van der Waals surface area contributed by atoms with Crippen molar-refractivity contribution in [1.82, 2.24) is 30.4 Å². The average Bonchev–Trinajstić information content (AvgIpc) is 3.68. The summed E-state index contributed by atoms with van der Waals surface area (Å²) >= 11 is 0. The number of halogens is 1. The van der Waals surface area contributed by atoms with E-state index in [-0.39, 0.29) is 42.1 Å². The molecule has 0 bridgehead atoms. The number of aromatic nitrogens is 2. The Hall–Kier alpha value is -6.41. The molecule has 1 aromatic heterocycles. The fourth-order valence-electron chi connectivity index (χ4n) is 7.94. The first-order valence-corrected chi connectivity index (χ1v) is 19.0. The number of nitrogens with one attached hydrogen (secondary N) is 3. The number of carbonyl (C=O) groups excluding carboxylic acids is 5. The molecule has 4 heterocycles. The van der Waals surface area contributed by atoms with Gasteiger partial charge in [0, 0.05) is 44.7 Å². The monoisotopic (exact) mass is 771 g/mol. The molecule has 0 saturated carbocycles. The van der Waals surface area contributed by atoms with Gasteiger partial charge in [0.25, 0.3) is 17.7 Å². The molecule has 0 aliphatic carbocycles. The molecule has 14 heteroatoms. The molecule has 3 N–H and O–H groups in total. The van der Waals surface area contributed by atoms with Crippen LogP contribution in [0.15, 0.2) is 66.7 Å². The Kier molecular flexibility index (Phi) is 10.0. The minimum atomic E-state index is -1.11. The van der Waals surface area contributed by atoms with E-state index in [4.69, 9.17) is 9.72 Å². The maximum absolute atomic E-state index is 14.6. The number of anilines is 1. The van der Waals surface area contributed by atoms with Gasteiger partial charge in [0.2, 0.25) is 17.8 Å². The second kappa shape index (κ2) is 15.3. The highest BCUT2D eigenvalue weighted by atomic mass is 19.1. The van der Waals surface area contributed by atoms with E-state index in [1.54, 1.807) is 19.9 Å². The van der Waals surface area contributed by atoms with Gasteiger partial charge in [-0.05, 0) is 84.8 Å². The summed E-state index contributed by atoms with van der Waals surface area (Å²) in [5.41, 5.74) is 8.03. The minimum absolute atomic E-state index is 0.00872. The van der Waals surface area contributed by atoms with Crippen molar-refractivity contribution in [2.45, 2.75) is 52.7 Å². The number of hydrogen-bond acceptors (Lipinski definition) is 9. The molecular formula is C43H42FN7O6. The van der Waals surface area contributed by atoms with Crippen LogP contribution in [-0.2, 0) is 27.5 Å². The van der Waals surface area contributed by atoms with Crippen LogP contribution in [0.2, 0.25) is 0 Å². The van der Waals surface area contributed by atoms with Gasteiger partial charge in [0.15, 0.2) is 6.61 Å². The quantitative estimate of drug-likeness (QED) is 0.176. The standard InChI is InChI=1S/C43H42FN7O6/c1-24-17-31(39-33(18-24)50(43(48-39)49-15-13-45-14-16-49)22-28-19-25(2)38(44)26(3)20-28)29-9-7-27(8-10-29)21-46-36(53)23-57-34-6-4-5-30-37(34)42(56)51(41(30)55)32-11-12-35(52)47-40(32)54/h4-10,17-20,32,45H,11-16,21-23H2,1-3H3,(H,46,53)(H,47,52,54). The summed E-state index contributed by atoms with van der Waals surface area (Å²) in [6, 6.07) is 19.4. The summed E-state index contributed by atoms with van der Waals surface area (Å²) in [5.74, 6) is -2.22. The maximum Gasteiger partial charge on any atom is 0.266 e. The predicted octanol–water partition coefficient (Wildman–Crippen LogP) is 4.32. The number of imide groups is 2. The van der Waals surface area contributed by atoms with Gasteiger partial charge in [0.1, 0.15) is 17.6 Å². The van der Waals surface area contributed by atoms with Crippen molar-refractivity contribution < 1.29 is 33.1 Å². The summed E-state index contributed by atoms with van der Waals surface area (Å²) < 4.78 is 22.5. The van der Waals surface area contributed by atoms with Gasteiger partial charge in [-0.3, -0.25) is 34.2 Å². The first kappa shape index (κ1) is 37.5. The van der Waals surface area contributed by atoms with Crippen molar-refractivity contribution >= 4 is 46.5 Å². The molecular weight excluding hydrogens is 730 g/mol. The summed E-state index contributed by atoms with van der Waals surface area (Å²) in [5, 5.41) is 8.44. The lowest BCUT2D eigenvalue weighted by Crippen LogP contribution is -2.54. The van der Waals surface area contributed by atoms with Crippen LogP contribution >= 0.6 is 0 Å². The van der Waals surface area contributed by atoms with Crippen LogP contribution in [0.3, 0.4) is 0 Å². The topological polar surface area (TPSA) is 155 Å². The predicted molar refractivity (Wildman–Crippen MR) is 210 cm³/mol. The molecule has 1 atom stereocenters. The largest absolute Gasteiger partial charge is 0.483 e. The number of nitrogens with zero attached hydrogens (tertiary/aromatic N) is 4. The molecule has 5 amide bonds. The second-order valence-electron chi connectivity index (χ2n) is 14.8. The Morgan fingerprint density at radius 2 is 1.65 bits per heavy atom. The number of ether oxygens (including phenoxy) is 1. The molecule has 0 spiro atoms. The van der Waals surface area contributed by atoms with E-state index in [0.717, 1.165) is 75.9 Å². The number of piperazine rings is 1. The zero-order valence-corrected chi connectivity index (χ0v) is 31.9. The number of imidazole rings is 1. The van der Waals surface area contributed by atoms with Gasteiger partial charge in [-0.1, -0.05) is 42.5 Å². The van der Waals surface area contributed by atoms with Crippen LogP contribution in [0, 0.1) is 26.6 Å². The van der Waals surface area contributed by atoms with E-state index in [0.29, 0.717) is 17.7 Å². The van der Waals surface area contributed by atoms with Crippen molar-refractivity contribution in [3.8, 4) is 16.9 Å². The van der Waals surface area contributed by atoms with Crippen LogP contribution in [0.25, 0.3) is 22.2 Å². The smallest absolute Gasteiger partial charge is 0.266 e. The second-order valence-corrected chi connectivity index (χ2v) is 14.8. The molecule has 8 rings (SSSR count). The third kappa shape index (κ3) is 7.24. The van der Waals surface area contributed by atoms with Crippen molar-refractivity contribution in [3.63, 3.8) is 0 Å². The van der Waals surface area contributed by atoms with E-state index in [2.05, 4.69) is 44.5 Å². The molecule has 57 heavy (non-hydrogen) atoms. The molecule has 4 aromatic carbocycles. The Morgan fingerprint density at radius 1 is 0.912 bits per heavy atom. The van der Waals surface area contributed by atoms with Crippen LogP contribution in [-0.4, -0.2) is 82.8 Å². The highest BCUT2D eigenvalue weighted by Crippen LogP contribution is 2.35. The lowest BCUT2D eigenvalue weighted by atomic mass is 10.00. The molecule has 3 aliphatic rings. The molecule has 2 saturated heterocycles. The van der Waals surface area contributed by atoms with Gasteiger partial charge < -0.3 is 24.8 Å². The number of piperidine rings is 1. The van der Waals surface area contributed by atoms with E-state index >= 15 is 0 Å². The lowest BCUT2D eigenvalue weighted by Gasteiger charge is -2.29. The van der Waals surface area contributed by atoms with Crippen LogP contribution < -0.4 is 25.6 Å². The molecule has 5 aromatic rings. The lowest BCUT2D eigenvalue weighted by molar-refractivity contribution is -0.136. The number of amides is 5. The highest BCUT2D eigenvalue weighted by molar-refractivity contribution is 6.24. The Morgan fingerprint density at radius 3 is 2.37 bits per heavy atom. The SMILES string of the molecule is Cc1cc(-c2ccc(CNC(=O)COc3cccc4c3C(=O)N(C3CCC(=O)NC3=O)C4=O)cc2)c2nc(N3CCNCC3)n(Cc3cc(C)c(F)c(C)c3)c2c1. The number of aryl methyl sites for hydroxylation is 3. The fraction of sp³-hybridized carbons (Fsp3) is 0.302. The van der Waals surface area contributed by atoms with Gasteiger partial charge in [-0.2, -0.15) is 0 Å². The van der Waals surface area contributed by atoms with E-state index in [1.165, 1.54) is 12.1 Å². The maximum atomic E-state index is 14.6. The Labute approximate surface area is 328 Å². The van der Waals surface area contributed by atoms with Crippen LogP contribution in [0.1, 0.15) is 61.4 Å². The summed E-state index contributed by atoms with van der Waals surface area (Å²) in [6.07, 6.45) is 0.0420.